The molecule has 0 fully saturated rings. The maximum atomic E-state index is 9.23. The van der Waals surface area contributed by atoms with Crippen molar-refractivity contribution in [3.63, 3.8) is 0 Å². The van der Waals surface area contributed by atoms with Gasteiger partial charge in [-0.1, -0.05) is 29.8 Å². The number of aryl methyl sites for hydroxylation is 1. The van der Waals surface area contributed by atoms with Gasteiger partial charge in [0.05, 0.1) is 12.8 Å². The fourth-order valence-corrected chi connectivity index (χ4v) is 2.03. The number of rotatable bonds is 5. The molecule has 96 valence electrons. The van der Waals surface area contributed by atoms with Crippen LogP contribution in [0.3, 0.4) is 0 Å². The Balaban J connectivity index is 2.90. The Morgan fingerprint density at radius 1 is 1.41 bits per heavy atom. The normalized spacial score (nSPS) is 11.4. The van der Waals surface area contributed by atoms with Crippen LogP contribution in [0.1, 0.15) is 19.4 Å². The van der Waals surface area contributed by atoms with E-state index >= 15 is 0 Å². The molecular weight excluding hydrogens is 282 g/mol. The van der Waals surface area contributed by atoms with Crippen molar-refractivity contribution in [2.75, 3.05) is 25.6 Å². The number of nitrogens with one attached hydrogen (secondary N) is 1. The zero-order chi connectivity index (χ0) is 13.1. The Morgan fingerprint density at radius 2 is 2.06 bits per heavy atom. The molecule has 0 bridgehead atoms. The van der Waals surface area contributed by atoms with Crippen molar-refractivity contribution in [1.29, 1.82) is 0 Å². The Bertz CT molecular complexity index is 391. The van der Waals surface area contributed by atoms with Crippen LogP contribution in [-0.2, 0) is 0 Å². The second-order valence-corrected chi connectivity index (χ2v) is 5.89. The Hall–Kier alpha value is -0.740. The van der Waals surface area contributed by atoms with Crippen LogP contribution in [0.4, 0.5) is 5.69 Å². The van der Waals surface area contributed by atoms with E-state index < -0.39 is 0 Å². The van der Waals surface area contributed by atoms with Crippen LogP contribution in [0.2, 0.25) is 0 Å². The number of halogens is 1. The molecule has 4 heteroatoms. The molecule has 17 heavy (non-hydrogen) atoms. The summed E-state index contributed by atoms with van der Waals surface area (Å²) in [7, 11) is 1.66. The highest BCUT2D eigenvalue weighted by atomic mass is 79.9. The van der Waals surface area contributed by atoms with Crippen LogP contribution in [0, 0.1) is 12.3 Å². The Kier molecular flexibility index (Phi) is 4.83. The maximum Gasteiger partial charge on any atom is 0.143 e. The molecule has 0 saturated carbocycles. The van der Waals surface area contributed by atoms with Crippen LogP contribution in [0.5, 0.6) is 5.75 Å². The minimum atomic E-state index is -0.148. The van der Waals surface area contributed by atoms with Gasteiger partial charge in [-0.15, -0.1) is 0 Å². The van der Waals surface area contributed by atoms with Gasteiger partial charge in [-0.05, 0) is 24.6 Å². The third-order valence-electron chi connectivity index (χ3n) is 2.66. The van der Waals surface area contributed by atoms with Crippen LogP contribution in [-0.4, -0.2) is 25.4 Å². The molecule has 0 unspecified atom stereocenters. The van der Waals surface area contributed by atoms with Gasteiger partial charge in [-0.25, -0.2) is 0 Å². The van der Waals surface area contributed by atoms with Crippen LogP contribution in [0.15, 0.2) is 16.6 Å². The third-order valence-corrected chi connectivity index (χ3v) is 3.11. The molecule has 0 aromatic heterocycles. The van der Waals surface area contributed by atoms with Gasteiger partial charge in [-0.3, -0.25) is 0 Å². The standard InChI is InChI=1S/C13H20BrNO2/c1-9-5-10(14)6-11(17-4)12(9)15-7-13(2,3)8-16/h5-6,15-16H,7-8H2,1-4H3. The largest absolute Gasteiger partial charge is 0.495 e. The van der Waals surface area contributed by atoms with Crippen molar-refractivity contribution in [3.8, 4) is 5.75 Å². The molecule has 0 aliphatic carbocycles. The first kappa shape index (κ1) is 14.3. The van der Waals surface area contributed by atoms with Gasteiger partial charge in [0.25, 0.3) is 0 Å². The maximum absolute atomic E-state index is 9.23. The number of anilines is 1. The first-order valence-electron chi connectivity index (χ1n) is 5.58. The van der Waals surface area contributed by atoms with Gasteiger partial charge >= 0.3 is 0 Å². The summed E-state index contributed by atoms with van der Waals surface area (Å²) in [4.78, 5) is 0. The van der Waals surface area contributed by atoms with Gasteiger partial charge in [0, 0.05) is 23.0 Å². The zero-order valence-corrected chi connectivity index (χ0v) is 12.4. The average molecular weight is 302 g/mol. The van der Waals surface area contributed by atoms with Crippen LogP contribution >= 0.6 is 15.9 Å². The Morgan fingerprint density at radius 3 is 2.59 bits per heavy atom. The summed E-state index contributed by atoms with van der Waals surface area (Å²) >= 11 is 3.44. The lowest BCUT2D eigenvalue weighted by atomic mass is 9.95. The van der Waals surface area contributed by atoms with Crippen LogP contribution < -0.4 is 10.1 Å². The van der Waals surface area contributed by atoms with E-state index in [0.29, 0.717) is 6.54 Å². The minimum absolute atomic E-state index is 0.148. The molecule has 1 rings (SSSR count). The lowest BCUT2D eigenvalue weighted by molar-refractivity contribution is 0.170. The number of methoxy groups -OCH3 is 1. The minimum Gasteiger partial charge on any atom is -0.495 e. The summed E-state index contributed by atoms with van der Waals surface area (Å²) in [5, 5.41) is 12.6. The van der Waals surface area contributed by atoms with Crippen molar-refractivity contribution in [2.45, 2.75) is 20.8 Å². The third kappa shape index (κ3) is 3.89. The van der Waals surface area contributed by atoms with E-state index in [-0.39, 0.29) is 12.0 Å². The molecule has 0 amide bonds. The van der Waals surface area contributed by atoms with E-state index in [2.05, 4.69) is 21.2 Å². The predicted octanol–water partition coefficient (Wildman–Crippen LogP) is 3.20. The van der Waals surface area contributed by atoms with E-state index in [1.165, 1.54) is 0 Å². The summed E-state index contributed by atoms with van der Waals surface area (Å²) < 4.78 is 6.35. The average Bonchev–Trinajstić information content (AvgIpc) is 2.26. The molecule has 0 radical (unpaired) electrons. The van der Waals surface area contributed by atoms with E-state index in [1.54, 1.807) is 7.11 Å². The van der Waals surface area contributed by atoms with Gasteiger partial charge in [0.15, 0.2) is 0 Å². The summed E-state index contributed by atoms with van der Waals surface area (Å²) in [6.45, 7) is 6.91. The predicted molar refractivity (Wildman–Crippen MR) is 74.8 cm³/mol. The molecule has 0 saturated heterocycles. The van der Waals surface area contributed by atoms with Crippen molar-refractivity contribution in [1.82, 2.24) is 0 Å². The number of aliphatic hydroxyl groups is 1. The Labute approximate surface area is 111 Å². The fraction of sp³-hybridized carbons (Fsp3) is 0.538. The topological polar surface area (TPSA) is 41.5 Å². The van der Waals surface area contributed by atoms with Crippen LogP contribution in [0.25, 0.3) is 0 Å². The summed E-state index contributed by atoms with van der Waals surface area (Å²) in [5.41, 5.74) is 1.95. The van der Waals surface area contributed by atoms with Crippen molar-refractivity contribution in [3.05, 3.63) is 22.2 Å². The summed E-state index contributed by atoms with van der Waals surface area (Å²) in [5.74, 6) is 0.811. The lowest BCUT2D eigenvalue weighted by Crippen LogP contribution is -2.27. The van der Waals surface area contributed by atoms with Gasteiger partial charge in [0.1, 0.15) is 5.75 Å². The smallest absolute Gasteiger partial charge is 0.143 e. The van der Waals surface area contributed by atoms with Gasteiger partial charge in [0.2, 0.25) is 0 Å². The number of hydrogen-bond donors (Lipinski definition) is 2. The second-order valence-electron chi connectivity index (χ2n) is 4.98. The molecular formula is C13H20BrNO2. The quantitative estimate of drug-likeness (QED) is 0.877. The number of aliphatic hydroxyl groups excluding tert-OH is 1. The lowest BCUT2D eigenvalue weighted by Gasteiger charge is -2.24. The highest BCUT2D eigenvalue weighted by molar-refractivity contribution is 9.10. The highest BCUT2D eigenvalue weighted by Gasteiger charge is 2.17. The van der Waals surface area contributed by atoms with Crippen molar-refractivity contribution < 1.29 is 9.84 Å². The molecule has 1 aromatic carbocycles. The van der Waals surface area contributed by atoms with E-state index in [4.69, 9.17) is 4.74 Å². The monoisotopic (exact) mass is 301 g/mol. The number of benzene rings is 1. The molecule has 0 spiro atoms. The van der Waals surface area contributed by atoms with Crippen molar-refractivity contribution >= 4 is 21.6 Å². The highest BCUT2D eigenvalue weighted by Crippen LogP contribution is 2.32. The first-order chi connectivity index (χ1) is 7.89. The van der Waals surface area contributed by atoms with Gasteiger partial charge in [-0.2, -0.15) is 0 Å². The SMILES string of the molecule is COc1cc(Br)cc(C)c1NCC(C)(C)CO. The van der Waals surface area contributed by atoms with E-state index in [1.807, 2.05) is 32.9 Å². The zero-order valence-electron chi connectivity index (χ0n) is 10.8. The molecule has 0 aliphatic heterocycles. The van der Waals surface area contributed by atoms with E-state index in [0.717, 1.165) is 21.5 Å². The molecule has 0 atom stereocenters. The second kappa shape index (κ2) is 5.74. The summed E-state index contributed by atoms with van der Waals surface area (Å²) in [6.07, 6.45) is 0. The molecule has 3 nitrogen and oxygen atoms in total. The fourth-order valence-electron chi connectivity index (χ4n) is 1.48. The van der Waals surface area contributed by atoms with Crippen molar-refractivity contribution in [2.24, 2.45) is 5.41 Å². The molecule has 1 aromatic rings. The molecule has 2 N–H and O–H groups in total. The molecule has 0 heterocycles. The van der Waals surface area contributed by atoms with E-state index in [9.17, 15) is 5.11 Å². The first-order valence-corrected chi connectivity index (χ1v) is 6.38. The van der Waals surface area contributed by atoms with Gasteiger partial charge < -0.3 is 15.2 Å². The summed E-state index contributed by atoms with van der Waals surface area (Å²) in [6, 6.07) is 3.97. The number of ether oxygens (including phenoxy) is 1. The number of hydrogen-bond acceptors (Lipinski definition) is 3. The molecule has 0 aliphatic rings.